The van der Waals surface area contributed by atoms with Crippen LogP contribution in [0.5, 0.6) is 0 Å². The average molecular weight is 271 g/mol. The summed E-state index contributed by atoms with van der Waals surface area (Å²) in [5, 5.41) is 2.55. The van der Waals surface area contributed by atoms with Gasteiger partial charge in [0.15, 0.2) is 0 Å². The van der Waals surface area contributed by atoms with E-state index in [2.05, 4.69) is 24.4 Å². The zero-order chi connectivity index (χ0) is 14.1. The fourth-order valence-corrected chi connectivity index (χ4v) is 3.95. The fraction of sp³-hybridized carbons (Fsp3) is 0.529. The van der Waals surface area contributed by atoms with E-state index in [1.807, 2.05) is 12.1 Å². The lowest BCUT2D eigenvalue weighted by Crippen LogP contribution is -2.47. The Morgan fingerprint density at radius 3 is 2.50 bits per heavy atom. The monoisotopic (exact) mass is 271 g/mol. The van der Waals surface area contributed by atoms with E-state index >= 15 is 0 Å². The molecule has 0 spiro atoms. The minimum absolute atomic E-state index is 0.0312. The molecule has 1 aliphatic heterocycles. The molecular formula is C17H21NO2. The van der Waals surface area contributed by atoms with Crippen molar-refractivity contribution in [2.24, 2.45) is 11.8 Å². The van der Waals surface area contributed by atoms with Gasteiger partial charge in [0.1, 0.15) is 0 Å². The first-order valence-corrected chi connectivity index (χ1v) is 7.56. The Labute approximate surface area is 119 Å². The van der Waals surface area contributed by atoms with Crippen molar-refractivity contribution in [3.05, 3.63) is 35.4 Å². The third-order valence-corrected chi connectivity index (χ3v) is 4.90. The smallest absolute Gasteiger partial charge is 0.230 e. The topological polar surface area (TPSA) is 46.2 Å². The molecule has 1 N–H and O–H groups in total. The number of hydrogen-bond donors (Lipinski definition) is 1. The maximum absolute atomic E-state index is 12.4. The van der Waals surface area contributed by atoms with Crippen LogP contribution < -0.4 is 5.32 Å². The van der Waals surface area contributed by atoms with Gasteiger partial charge < -0.3 is 0 Å². The molecule has 20 heavy (non-hydrogen) atoms. The van der Waals surface area contributed by atoms with Crippen molar-refractivity contribution >= 4 is 11.8 Å². The highest BCUT2D eigenvalue weighted by atomic mass is 16.2. The third kappa shape index (κ3) is 2.37. The number of hydrogen-bond acceptors (Lipinski definition) is 2. The molecule has 2 atom stereocenters. The molecule has 2 unspecified atom stereocenters. The van der Waals surface area contributed by atoms with Crippen LogP contribution in [0.25, 0.3) is 0 Å². The van der Waals surface area contributed by atoms with Gasteiger partial charge in [-0.2, -0.15) is 0 Å². The number of aryl methyl sites for hydroxylation is 1. The predicted octanol–water partition coefficient (Wildman–Crippen LogP) is 2.93. The van der Waals surface area contributed by atoms with Gasteiger partial charge >= 0.3 is 0 Å². The Bertz CT molecular complexity index is 532. The molecule has 2 fully saturated rings. The number of carbonyl (C=O) groups excluding carboxylic acids is 2. The largest absolute Gasteiger partial charge is 0.296 e. The van der Waals surface area contributed by atoms with Crippen molar-refractivity contribution in [3.8, 4) is 0 Å². The van der Waals surface area contributed by atoms with Crippen LogP contribution in [0.2, 0.25) is 0 Å². The Morgan fingerprint density at radius 1 is 1.10 bits per heavy atom. The molecular weight excluding hydrogens is 250 g/mol. The zero-order valence-electron chi connectivity index (χ0n) is 11.9. The molecule has 3 nitrogen and oxygen atoms in total. The Hall–Kier alpha value is -1.64. The quantitative estimate of drug-likeness (QED) is 0.841. The second-order valence-corrected chi connectivity index (χ2v) is 6.15. The van der Waals surface area contributed by atoms with E-state index in [-0.39, 0.29) is 23.7 Å². The van der Waals surface area contributed by atoms with Gasteiger partial charge in [-0.05, 0) is 36.8 Å². The molecule has 0 aromatic heterocycles. The van der Waals surface area contributed by atoms with E-state index in [0.29, 0.717) is 12.3 Å². The number of benzene rings is 1. The average Bonchev–Trinajstić information content (AvgIpc) is 2.92. The molecule has 1 aromatic rings. The van der Waals surface area contributed by atoms with Crippen LogP contribution >= 0.6 is 0 Å². The number of rotatable bonds is 2. The summed E-state index contributed by atoms with van der Waals surface area (Å²) in [4.78, 5) is 24.2. The van der Waals surface area contributed by atoms with Crippen LogP contribution in [-0.4, -0.2) is 11.8 Å². The second-order valence-electron chi connectivity index (χ2n) is 6.15. The van der Waals surface area contributed by atoms with Crippen molar-refractivity contribution in [3.63, 3.8) is 0 Å². The SMILES string of the molecule is Cc1ccccc1C1CC(=O)NC(=O)C1C1CCCC1. The summed E-state index contributed by atoms with van der Waals surface area (Å²) in [5.41, 5.74) is 2.36. The first kappa shape index (κ1) is 13.3. The van der Waals surface area contributed by atoms with Crippen molar-refractivity contribution in [2.75, 3.05) is 0 Å². The van der Waals surface area contributed by atoms with E-state index in [1.165, 1.54) is 24.0 Å². The zero-order valence-corrected chi connectivity index (χ0v) is 11.9. The molecule has 1 aromatic carbocycles. The Balaban J connectivity index is 1.97. The van der Waals surface area contributed by atoms with Gasteiger partial charge in [0.2, 0.25) is 11.8 Å². The highest BCUT2D eigenvalue weighted by molar-refractivity contribution is 6.00. The molecule has 3 heteroatoms. The normalized spacial score (nSPS) is 27.6. The summed E-state index contributed by atoms with van der Waals surface area (Å²) in [6.45, 7) is 2.07. The summed E-state index contributed by atoms with van der Waals surface area (Å²) in [7, 11) is 0. The lowest BCUT2D eigenvalue weighted by molar-refractivity contribution is -0.138. The van der Waals surface area contributed by atoms with Crippen molar-refractivity contribution in [1.82, 2.24) is 5.32 Å². The van der Waals surface area contributed by atoms with Crippen LogP contribution in [0.3, 0.4) is 0 Å². The minimum Gasteiger partial charge on any atom is -0.296 e. The molecule has 0 bridgehead atoms. The molecule has 1 aliphatic carbocycles. The summed E-state index contributed by atoms with van der Waals surface area (Å²) in [5.74, 6) is 0.281. The van der Waals surface area contributed by atoms with Crippen LogP contribution in [-0.2, 0) is 9.59 Å². The Morgan fingerprint density at radius 2 is 1.80 bits per heavy atom. The van der Waals surface area contributed by atoms with E-state index in [4.69, 9.17) is 0 Å². The molecule has 2 aliphatic rings. The van der Waals surface area contributed by atoms with Crippen LogP contribution in [0.1, 0.15) is 49.1 Å². The highest BCUT2D eigenvalue weighted by Gasteiger charge is 2.42. The van der Waals surface area contributed by atoms with E-state index in [1.54, 1.807) is 0 Å². The van der Waals surface area contributed by atoms with E-state index < -0.39 is 0 Å². The number of nitrogens with one attached hydrogen (secondary N) is 1. The molecule has 0 radical (unpaired) electrons. The van der Waals surface area contributed by atoms with Crippen LogP contribution in [0.15, 0.2) is 24.3 Å². The maximum atomic E-state index is 12.4. The van der Waals surface area contributed by atoms with Gasteiger partial charge in [0, 0.05) is 18.3 Å². The number of carbonyl (C=O) groups is 2. The third-order valence-electron chi connectivity index (χ3n) is 4.90. The standard InChI is InChI=1S/C17H21NO2/c1-11-6-2-5-9-13(11)14-10-15(19)18-17(20)16(14)12-7-3-4-8-12/h2,5-6,9,12,14,16H,3-4,7-8,10H2,1H3,(H,18,19,20). The van der Waals surface area contributed by atoms with E-state index in [0.717, 1.165) is 12.8 Å². The van der Waals surface area contributed by atoms with Crippen molar-refractivity contribution in [1.29, 1.82) is 0 Å². The summed E-state index contributed by atoms with van der Waals surface area (Å²) < 4.78 is 0. The summed E-state index contributed by atoms with van der Waals surface area (Å²) in [6.07, 6.45) is 5.10. The lowest BCUT2D eigenvalue weighted by Gasteiger charge is -2.35. The van der Waals surface area contributed by atoms with Gasteiger partial charge in [-0.3, -0.25) is 14.9 Å². The number of amides is 2. The molecule has 1 saturated carbocycles. The Kier molecular flexibility index (Phi) is 3.60. The van der Waals surface area contributed by atoms with Crippen molar-refractivity contribution < 1.29 is 9.59 Å². The van der Waals surface area contributed by atoms with E-state index in [9.17, 15) is 9.59 Å². The molecule has 3 rings (SSSR count). The first-order chi connectivity index (χ1) is 9.66. The van der Waals surface area contributed by atoms with Crippen molar-refractivity contribution in [2.45, 2.75) is 44.9 Å². The minimum atomic E-state index is -0.127. The lowest BCUT2D eigenvalue weighted by atomic mass is 9.72. The fourth-order valence-electron chi connectivity index (χ4n) is 3.95. The first-order valence-electron chi connectivity index (χ1n) is 7.56. The van der Waals surface area contributed by atoms with Gasteiger partial charge in [-0.15, -0.1) is 0 Å². The summed E-state index contributed by atoms with van der Waals surface area (Å²) in [6, 6.07) is 8.16. The van der Waals surface area contributed by atoms with Crippen LogP contribution in [0.4, 0.5) is 0 Å². The van der Waals surface area contributed by atoms with Gasteiger partial charge in [-0.25, -0.2) is 0 Å². The van der Waals surface area contributed by atoms with Gasteiger partial charge in [0.05, 0.1) is 0 Å². The molecule has 1 saturated heterocycles. The van der Waals surface area contributed by atoms with Gasteiger partial charge in [-0.1, -0.05) is 37.1 Å². The molecule has 106 valence electrons. The maximum Gasteiger partial charge on any atom is 0.230 e. The second kappa shape index (κ2) is 5.39. The molecule has 1 heterocycles. The highest BCUT2D eigenvalue weighted by Crippen LogP contribution is 2.43. The predicted molar refractivity (Wildman–Crippen MR) is 77.1 cm³/mol. The number of piperidine rings is 1. The number of imide groups is 1. The summed E-state index contributed by atoms with van der Waals surface area (Å²) >= 11 is 0. The molecule has 2 amide bonds. The van der Waals surface area contributed by atoms with Gasteiger partial charge in [0.25, 0.3) is 0 Å². The van der Waals surface area contributed by atoms with Crippen LogP contribution in [0, 0.1) is 18.8 Å².